The maximum Gasteiger partial charge on any atom is 0.260 e. The third-order valence-corrected chi connectivity index (χ3v) is 4.36. The molecule has 1 saturated heterocycles. The first-order chi connectivity index (χ1) is 11.4. The second-order valence-electron chi connectivity index (χ2n) is 6.63. The summed E-state index contributed by atoms with van der Waals surface area (Å²) >= 11 is 0. The molecule has 3 rings (SSSR count). The van der Waals surface area contributed by atoms with Crippen molar-refractivity contribution in [3.8, 4) is 0 Å². The summed E-state index contributed by atoms with van der Waals surface area (Å²) in [5.74, 6) is 1.96. The van der Waals surface area contributed by atoms with Crippen molar-refractivity contribution in [3.63, 3.8) is 0 Å². The molecule has 1 aliphatic rings. The van der Waals surface area contributed by atoms with E-state index in [4.69, 9.17) is 4.52 Å². The van der Waals surface area contributed by atoms with Crippen LogP contribution in [0.2, 0.25) is 0 Å². The molecule has 0 radical (unpaired) electrons. The summed E-state index contributed by atoms with van der Waals surface area (Å²) in [5.41, 5.74) is -1.24. The Morgan fingerprint density at radius 2 is 2.29 bits per heavy atom. The SMILES string of the molecule is Cc1noc(C2(O)CCN(C(=O)CCn3ccnc3C(C)C)C2)n1. The lowest BCUT2D eigenvalue weighted by molar-refractivity contribution is -0.131. The fourth-order valence-corrected chi connectivity index (χ4v) is 3.05. The van der Waals surface area contributed by atoms with Crippen LogP contribution in [0.4, 0.5) is 0 Å². The lowest BCUT2D eigenvalue weighted by Gasteiger charge is -2.20. The van der Waals surface area contributed by atoms with Crippen LogP contribution in [-0.4, -0.2) is 48.7 Å². The second-order valence-corrected chi connectivity index (χ2v) is 6.63. The smallest absolute Gasteiger partial charge is 0.260 e. The predicted molar refractivity (Wildman–Crippen MR) is 85.1 cm³/mol. The molecule has 1 unspecified atom stereocenters. The molecule has 0 bridgehead atoms. The Labute approximate surface area is 140 Å². The number of rotatable bonds is 5. The standard InChI is InChI=1S/C16H23N5O3/c1-11(2)14-17-6-9-20(14)7-4-13(22)21-8-5-16(23,10-21)15-18-12(3)19-24-15/h6,9,11,23H,4-5,7-8,10H2,1-3H3. The number of β-amino-alcohol motifs (C(OH)–C–C–N with tert-alkyl or cyclic N) is 1. The van der Waals surface area contributed by atoms with Gasteiger partial charge in [-0.25, -0.2) is 4.98 Å². The average molecular weight is 333 g/mol. The highest BCUT2D eigenvalue weighted by Gasteiger charge is 2.43. The van der Waals surface area contributed by atoms with Gasteiger partial charge in [-0.3, -0.25) is 4.79 Å². The molecule has 1 fully saturated rings. The summed E-state index contributed by atoms with van der Waals surface area (Å²) in [5, 5.41) is 14.4. The molecule has 0 spiro atoms. The van der Waals surface area contributed by atoms with Gasteiger partial charge in [-0.15, -0.1) is 0 Å². The van der Waals surface area contributed by atoms with Crippen LogP contribution in [0.1, 0.15) is 50.1 Å². The molecule has 0 saturated carbocycles. The Morgan fingerprint density at radius 1 is 1.50 bits per heavy atom. The predicted octanol–water partition coefficient (Wildman–Crippen LogP) is 1.21. The van der Waals surface area contributed by atoms with Gasteiger partial charge in [0.05, 0.1) is 6.54 Å². The maximum atomic E-state index is 12.5. The van der Waals surface area contributed by atoms with E-state index < -0.39 is 5.60 Å². The lowest BCUT2D eigenvalue weighted by atomic mass is 10.0. The van der Waals surface area contributed by atoms with E-state index in [1.165, 1.54) is 0 Å². The van der Waals surface area contributed by atoms with E-state index in [1.54, 1.807) is 18.0 Å². The van der Waals surface area contributed by atoms with Gasteiger partial charge in [0.25, 0.3) is 5.89 Å². The summed E-state index contributed by atoms with van der Waals surface area (Å²) in [4.78, 5) is 22.5. The first-order valence-electron chi connectivity index (χ1n) is 8.21. The van der Waals surface area contributed by atoms with Crippen molar-refractivity contribution >= 4 is 5.91 Å². The maximum absolute atomic E-state index is 12.5. The number of aryl methyl sites for hydroxylation is 2. The molecule has 8 heteroatoms. The molecule has 24 heavy (non-hydrogen) atoms. The van der Waals surface area contributed by atoms with Crippen molar-refractivity contribution < 1.29 is 14.4 Å². The van der Waals surface area contributed by atoms with Crippen LogP contribution in [-0.2, 0) is 16.9 Å². The van der Waals surface area contributed by atoms with Crippen LogP contribution in [0.15, 0.2) is 16.9 Å². The quantitative estimate of drug-likeness (QED) is 0.883. The van der Waals surface area contributed by atoms with E-state index in [0.29, 0.717) is 37.7 Å². The summed E-state index contributed by atoms with van der Waals surface area (Å²) in [6.07, 6.45) is 4.42. The topological polar surface area (TPSA) is 97.3 Å². The first-order valence-corrected chi connectivity index (χ1v) is 8.21. The fourth-order valence-electron chi connectivity index (χ4n) is 3.05. The van der Waals surface area contributed by atoms with E-state index >= 15 is 0 Å². The molecule has 1 N–H and O–H groups in total. The zero-order chi connectivity index (χ0) is 17.3. The third-order valence-electron chi connectivity index (χ3n) is 4.36. The minimum absolute atomic E-state index is 0.00516. The fraction of sp³-hybridized carbons (Fsp3) is 0.625. The van der Waals surface area contributed by atoms with Crippen LogP contribution in [0.3, 0.4) is 0 Å². The number of carbonyl (C=O) groups excluding carboxylic acids is 1. The molecule has 2 aromatic heterocycles. The Bertz CT molecular complexity index is 723. The molecule has 8 nitrogen and oxygen atoms in total. The van der Waals surface area contributed by atoms with Gasteiger partial charge >= 0.3 is 0 Å². The van der Waals surface area contributed by atoms with Crippen molar-refractivity contribution in [1.82, 2.24) is 24.6 Å². The Kier molecular flexibility index (Phi) is 4.40. The molecule has 1 amide bonds. The Morgan fingerprint density at radius 3 is 2.96 bits per heavy atom. The zero-order valence-electron chi connectivity index (χ0n) is 14.3. The van der Waals surface area contributed by atoms with Crippen molar-refractivity contribution in [2.24, 2.45) is 0 Å². The molecule has 130 valence electrons. The van der Waals surface area contributed by atoms with Gasteiger partial charge in [0, 0.05) is 44.2 Å². The normalized spacial score (nSPS) is 21.0. The molecule has 1 atom stereocenters. The van der Waals surface area contributed by atoms with E-state index in [9.17, 15) is 9.90 Å². The number of hydrogen-bond donors (Lipinski definition) is 1. The average Bonchev–Trinajstić information content (AvgIpc) is 3.24. The summed E-state index contributed by atoms with van der Waals surface area (Å²) in [6.45, 7) is 7.11. The Hall–Kier alpha value is -2.22. The van der Waals surface area contributed by atoms with Gasteiger partial charge in [0.1, 0.15) is 5.82 Å². The monoisotopic (exact) mass is 333 g/mol. The van der Waals surface area contributed by atoms with Crippen molar-refractivity contribution in [3.05, 3.63) is 29.9 Å². The van der Waals surface area contributed by atoms with Gasteiger partial charge in [0.2, 0.25) is 5.91 Å². The zero-order valence-corrected chi connectivity index (χ0v) is 14.3. The molecule has 0 aromatic carbocycles. The van der Waals surface area contributed by atoms with Gasteiger partial charge in [-0.1, -0.05) is 19.0 Å². The highest BCUT2D eigenvalue weighted by molar-refractivity contribution is 5.76. The van der Waals surface area contributed by atoms with E-state index in [-0.39, 0.29) is 18.3 Å². The van der Waals surface area contributed by atoms with E-state index in [2.05, 4.69) is 29.0 Å². The third kappa shape index (κ3) is 3.19. The number of nitrogens with zero attached hydrogens (tertiary/aromatic N) is 5. The summed E-state index contributed by atoms with van der Waals surface area (Å²) in [6, 6.07) is 0. The first kappa shape index (κ1) is 16.6. The largest absolute Gasteiger partial charge is 0.378 e. The minimum Gasteiger partial charge on any atom is -0.378 e. The molecule has 2 aromatic rings. The molecular formula is C16H23N5O3. The van der Waals surface area contributed by atoms with Crippen molar-refractivity contribution in [2.45, 2.75) is 51.7 Å². The highest BCUT2D eigenvalue weighted by atomic mass is 16.5. The number of likely N-dealkylation sites (tertiary alicyclic amines) is 1. The number of hydrogen-bond acceptors (Lipinski definition) is 6. The van der Waals surface area contributed by atoms with Gasteiger partial charge in [-0.05, 0) is 6.92 Å². The minimum atomic E-state index is -1.24. The van der Waals surface area contributed by atoms with E-state index in [0.717, 1.165) is 5.82 Å². The van der Waals surface area contributed by atoms with Crippen molar-refractivity contribution in [2.75, 3.05) is 13.1 Å². The second kappa shape index (κ2) is 6.35. The lowest BCUT2D eigenvalue weighted by Crippen LogP contribution is -2.35. The van der Waals surface area contributed by atoms with E-state index in [1.807, 2.05) is 10.8 Å². The van der Waals surface area contributed by atoms with Gasteiger partial charge in [-0.2, -0.15) is 4.98 Å². The number of carbonyl (C=O) groups is 1. The Balaban J connectivity index is 1.60. The van der Waals surface area contributed by atoms with Crippen LogP contribution in [0.5, 0.6) is 0 Å². The summed E-state index contributed by atoms with van der Waals surface area (Å²) < 4.78 is 7.08. The van der Waals surface area contributed by atoms with Crippen LogP contribution >= 0.6 is 0 Å². The van der Waals surface area contributed by atoms with Crippen LogP contribution in [0, 0.1) is 6.92 Å². The molecule has 0 aliphatic carbocycles. The molecular weight excluding hydrogens is 310 g/mol. The van der Waals surface area contributed by atoms with Gasteiger partial charge < -0.3 is 19.1 Å². The molecule has 1 aliphatic heterocycles. The number of imidazole rings is 1. The van der Waals surface area contributed by atoms with Gasteiger partial charge in [0.15, 0.2) is 11.4 Å². The molecule has 3 heterocycles. The number of amides is 1. The summed E-state index contributed by atoms with van der Waals surface area (Å²) in [7, 11) is 0. The number of aliphatic hydroxyl groups is 1. The highest BCUT2D eigenvalue weighted by Crippen LogP contribution is 2.31. The van der Waals surface area contributed by atoms with Crippen LogP contribution < -0.4 is 0 Å². The van der Waals surface area contributed by atoms with Crippen molar-refractivity contribution in [1.29, 1.82) is 0 Å². The number of aromatic nitrogens is 4. The van der Waals surface area contributed by atoms with Crippen LogP contribution in [0.25, 0.3) is 0 Å².